The number of carbonyl (C=O) groups excluding carboxylic acids is 1. The van der Waals surface area contributed by atoms with E-state index in [-0.39, 0.29) is 5.97 Å². The molecule has 0 radical (unpaired) electrons. The molecule has 22 heavy (non-hydrogen) atoms. The van der Waals surface area contributed by atoms with Crippen LogP contribution in [-0.2, 0) is 29.0 Å². The van der Waals surface area contributed by atoms with E-state index in [1.165, 1.54) is 16.6 Å². The summed E-state index contributed by atoms with van der Waals surface area (Å²) in [6.45, 7) is 9.08. The van der Waals surface area contributed by atoms with Crippen molar-refractivity contribution in [2.45, 2.75) is 46.3 Å². The Morgan fingerprint density at radius 2 is 2.09 bits per heavy atom. The van der Waals surface area contributed by atoms with Gasteiger partial charge in [-0.15, -0.1) is 0 Å². The zero-order chi connectivity index (χ0) is 15.7. The first-order valence-electron chi connectivity index (χ1n) is 8.10. The second kappa shape index (κ2) is 6.13. The van der Waals surface area contributed by atoms with E-state index in [1.54, 1.807) is 0 Å². The van der Waals surface area contributed by atoms with Gasteiger partial charge in [0.25, 0.3) is 0 Å². The van der Waals surface area contributed by atoms with Crippen LogP contribution in [0.5, 0.6) is 0 Å². The molecule has 3 rings (SSSR count). The predicted octanol–water partition coefficient (Wildman–Crippen LogP) is 2.97. The van der Waals surface area contributed by atoms with Crippen molar-refractivity contribution in [2.75, 3.05) is 13.2 Å². The molecular weight excluding hydrogens is 276 g/mol. The Kier molecular flexibility index (Phi) is 4.21. The topological polar surface area (TPSA) is 34.5 Å². The SMILES string of the molecule is CCOC(=O)Cn1c2c(c3ccccc31)CN(C(C)C)CC2. The summed E-state index contributed by atoms with van der Waals surface area (Å²) in [7, 11) is 0. The molecule has 1 aliphatic rings. The molecule has 4 nitrogen and oxygen atoms in total. The lowest BCUT2D eigenvalue weighted by atomic mass is 10.0. The van der Waals surface area contributed by atoms with E-state index in [2.05, 4.69) is 41.5 Å². The third-order valence-electron chi connectivity index (χ3n) is 4.51. The predicted molar refractivity (Wildman–Crippen MR) is 87.8 cm³/mol. The van der Waals surface area contributed by atoms with Gasteiger partial charge in [0.05, 0.1) is 6.61 Å². The first-order valence-corrected chi connectivity index (χ1v) is 8.10. The third kappa shape index (κ3) is 2.63. The van der Waals surface area contributed by atoms with E-state index in [0.29, 0.717) is 19.2 Å². The van der Waals surface area contributed by atoms with Crippen LogP contribution in [0.2, 0.25) is 0 Å². The number of hydrogen-bond acceptors (Lipinski definition) is 3. The molecule has 0 atom stereocenters. The molecule has 0 spiro atoms. The van der Waals surface area contributed by atoms with E-state index in [0.717, 1.165) is 25.0 Å². The monoisotopic (exact) mass is 300 g/mol. The molecule has 0 bridgehead atoms. The van der Waals surface area contributed by atoms with Gasteiger partial charge in [-0.2, -0.15) is 0 Å². The minimum atomic E-state index is -0.155. The normalized spacial score (nSPS) is 15.3. The molecule has 1 aromatic heterocycles. The average molecular weight is 300 g/mol. The molecule has 0 aliphatic carbocycles. The number of carbonyl (C=O) groups is 1. The summed E-state index contributed by atoms with van der Waals surface area (Å²) >= 11 is 0. The molecule has 2 aromatic rings. The number of rotatable bonds is 4. The van der Waals surface area contributed by atoms with Crippen LogP contribution < -0.4 is 0 Å². The maximum Gasteiger partial charge on any atom is 0.325 e. The van der Waals surface area contributed by atoms with Gasteiger partial charge in [-0.3, -0.25) is 9.69 Å². The number of nitrogens with zero attached hydrogens (tertiary/aromatic N) is 2. The van der Waals surface area contributed by atoms with Crippen LogP contribution in [0.25, 0.3) is 10.9 Å². The van der Waals surface area contributed by atoms with Gasteiger partial charge < -0.3 is 9.30 Å². The molecule has 0 unspecified atom stereocenters. The lowest BCUT2D eigenvalue weighted by molar-refractivity contribution is -0.143. The van der Waals surface area contributed by atoms with Gasteiger partial charge >= 0.3 is 5.97 Å². The molecule has 0 saturated carbocycles. The van der Waals surface area contributed by atoms with Crippen molar-refractivity contribution in [3.8, 4) is 0 Å². The van der Waals surface area contributed by atoms with E-state index in [4.69, 9.17) is 4.74 Å². The lowest BCUT2D eigenvalue weighted by Crippen LogP contribution is -2.36. The molecule has 0 amide bonds. The third-order valence-corrected chi connectivity index (χ3v) is 4.51. The van der Waals surface area contributed by atoms with E-state index < -0.39 is 0 Å². The van der Waals surface area contributed by atoms with Gasteiger partial charge in [-0.1, -0.05) is 18.2 Å². The Morgan fingerprint density at radius 1 is 1.32 bits per heavy atom. The van der Waals surface area contributed by atoms with E-state index in [1.807, 2.05) is 13.0 Å². The lowest BCUT2D eigenvalue weighted by Gasteiger charge is -2.31. The molecular formula is C18H24N2O2. The quantitative estimate of drug-likeness (QED) is 0.814. The van der Waals surface area contributed by atoms with Crippen molar-refractivity contribution >= 4 is 16.9 Å². The van der Waals surface area contributed by atoms with Crippen molar-refractivity contribution in [1.29, 1.82) is 0 Å². The fourth-order valence-electron chi connectivity index (χ4n) is 3.38. The van der Waals surface area contributed by atoms with Crippen molar-refractivity contribution in [3.05, 3.63) is 35.5 Å². The number of fused-ring (bicyclic) bond motifs is 3. The van der Waals surface area contributed by atoms with Crippen LogP contribution in [0.4, 0.5) is 0 Å². The van der Waals surface area contributed by atoms with Gasteiger partial charge in [0.2, 0.25) is 0 Å². The molecule has 0 fully saturated rings. The molecule has 4 heteroatoms. The first-order chi connectivity index (χ1) is 10.6. The Hall–Kier alpha value is -1.81. The largest absolute Gasteiger partial charge is 0.465 e. The first kappa shape index (κ1) is 15.1. The Bertz CT molecular complexity index is 688. The maximum atomic E-state index is 12.0. The van der Waals surface area contributed by atoms with Crippen LogP contribution >= 0.6 is 0 Å². The summed E-state index contributed by atoms with van der Waals surface area (Å²) < 4.78 is 7.30. The summed E-state index contributed by atoms with van der Waals surface area (Å²) in [4.78, 5) is 14.4. The summed E-state index contributed by atoms with van der Waals surface area (Å²) in [6, 6.07) is 8.92. The fourth-order valence-corrected chi connectivity index (χ4v) is 3.38. The number of para-hydroxylation sites is 1. The molecule has 0 saturated heterocycles. The molecule has 0 N–H and O–H groups in total. The van der Waals surface area contributed by atoms with Crippen LogP contribution in [0, 0.1) is 0 Å². The Morgan fingerprint density at radius 3 is 2.82 bits per heavy atom. The molecule has 1 aromatic carbocycles. The highest BCUT2D eigenvalue weighted by Gasteiger charge is 2.25. The van der Waals surface area contributed by atoms with Gasteiger partial charge in [-0.25, -0.2) is 0 Å². The number of aromatic nitrogens is 1. The standard InChI is InChI=1S/C18H24N2O2/c1-4-22-18(21)12-20-16-8-6-5-7-14(16)15-11-19(13(2)3)10-9-17(15)20/h5-8,13H,4,9-12H2,1-3H3. The average Bonchev–Trinajstić information content (AvgIpc) is 2.81. The van der Waals surface area contributed by atoms with E-state index in [9.17, 15) is 4.79 Å². The maximum absolute atomic E-state index is 12.0. The summed E-state index contributed by atoms with van der Waals surface area (Å²) in [5, 5.41) is 1.27. The number of benzene rings is 1. The van der Waals surface area contributed by atoms with Gasteiger partial charge in [-0.05, 0) is 32.4 Å². The summed E-state index contributed by atoms with van der Waals surface area (Å²) in [5.74, 6) is -0.155. The number of hydrogen-bond donors (Lipinski definition) is 0. The highest BCUT2D eigenvalue weighted by Crippen LogP contribution is 2.31. The zero-order valence-corrected chi connectivity index (χ0v) is 13.6. The van der Waals surface area contributed by atoms with Crippen LogP contribution in [-0.4, -0.2) is 34.6 Å². The summed E-state index contributed by atoms with van der Waals surface area (Å²) in [5.41, 5.74) is 3.82. The second-order valence-electron chi connectivity index (χ2n) is 6.15. The van der Waals surface area contributed by atoms with Crippen LogP contribution in [0.3, 0.4) is 0 Å². The van der Waals surface area contributed by atoms with Crippen molar-refractivity contribution in [3.63, 3.8) is 0 Å². The van der Waals surface area contributed by atoms with E-state index >= 15 is 0 Å². The Balaban J connectivity index is 2.04. The highest BCUT2D eigenvalue weighted by molar-refractivity contribution is 5.87. The van der Waals surface area contributed by atoms with Crippen molar-refractivity contribution in [2.24, 2.45) is 0 Å². The van der Waals surface area contributed by atoms with Crippen molar-refractivity contribution < 1.29 is 9.53 Å². The van der Waals surface area contributed by atoms with Gasteiger partial charge in [0, 0.05) is 42.1 Å². The van der Waals surface area contributed by atoms with Crippen LogP contribution in [0.15, 0.2) is 24.3 Å². The van der Waals surface area contributed by atoms with Gasteiger partial charge in [0.1, 0.15) is 6.54 Å². The number of esters is 1. The molecule has 118 valence electrons. The Labute approximate surface area is 131 Å². The summed E-state index contributed by atoms with van der Waals surface area (Å²) in [6.07, 6.45) is 0.988. The fraction of sp³-hybridized carbons (Fsp3) is 0.500. The number of ether oxygens (including phenoxy) is 1. The minimum Gasteiger partial charge on any atom is -0.465 e. The molecule has 1 aliphatic heterocycles. The van der Waals surface area contributed by atoms with Gasteiger partial charge in [0.15, 0.2) is 0 Å². The molecule has 2 heterocycles. The van der Waals surface area contributed by atoms with Crippen molar-refractivity contribution in [1.82, 2.24) is 9.47 Å². The second-order valence-corrected chi connectivity index (χ2v) is 6.15. The highest BCUT2D eigenvalue weighted by atomic mass is 16.5. The van der Waals surface area contributed by atoms with Crippen LogP contribution in [0.1, 0.15) is 32.0 Å². The zero-order valence-electron chi connectivity index (χ0n) is 13.6. The minimum absolute atomic E-state index is 0.155. The smallest absolute Gasteiger partial charge is 0.325 e.